The maximum absolute atomic E-state index is 3.31. The molecule has 0 amide bonds. The number of rotatable bonds is 5. The Kier molecular flexibility index (Phi) is 5.01. The fraction of sp³-hybridized carbons (Fsp3) is 0.600. The number of aryl methyl sites for hydroxylation is 2. The Balaban J connectivity index is 2.66. The fourth-order valence-electron chi connectivity index (χ4n) is 2.32. The molecule has 1 rings (SSSR count). The van der Waals surface area contributed by atoms with Crippen molar-refractivity contribution < 1.29 is 0 Å². The van der Waals surface area contributed by atoms with Crippen LogP contribution < -0.4 is 5.32 Å². The molecular weight excluding hydrogens is 194 g/mol. The van der Waals surface area contributed by atoms with E-state index in [-0.39, 0.29) is 0 Å². The first-order chi connectivity index (χ1) is 7.54. The molecule has 90 valence electrons. The van der Waals surface area contributed by atoms with Crippen molar-refractivity contribution in [3.63, 3.8) is 0 Å². The summed E-state index contributed by atoms with van der Waals surface area (Å²) in [7, 11) is 2.04. The maximum atomic E-state index is 3.31. The number of nitrogens with one attached hydrogen (secondary N) is 1. The molecule has 0 aliphatic rings. The van der Waals surface area contributed by atoms with Crippen LogP contribution in [0, 0.1) is 19.8 Å². The van der Waals surface area contributed by atoms with E-state index in [0.29, 0.717) is 6.04 Å². The molecule has 0 aliphatic heterocycles. The first-order valence-electron chi connectivity index (χ1n) is 6.27. The van der Waals surface area contributed by atoms with E-state index in [4.69, 9.17) is 0 Å². The Bertz CT molecular complexity index is 310. The lowest BCUT2D eigenvalue weighted by Crippen LogP contribution is -2.24. The average molecular weight is 219 g/mol. The molecule has 1 heteroatoms. The fourth-order valence-corrected chi connectivity index (χ4v) is 2.32. The van der Waals surface area contributed by atoms with Gasteiger partial charge in [0.2, 0.25) is 0 Å². The monoisotopic (exact) mass is 219 g/mol. The van der Waals surface area contributed by atoms with E-state index in [1.165, 1.54) is 24.0 Å². The summed E-state index contributed by atoms with van der Waals surface area (Å²) in [6, 6.07) is 7.20. The highest BCUT2D eigenvalue weighted by Crippen LogP contribution is 2.20. The third kappa shape index (κ3) is 3.64. The van der Waals surface area contributed by atoms with Gasteiger partial charge in [-0.05, 0) is 63.3 Å². The van der Waals surface area contributed by atoms with Gasteiger partial charge in [-0.15, -0.1) is 0 Å². The van der Waals surface area contributed by atoms with Gasteiger partial charge >= 0.3 is 0 Å². The summed E-state index contributed by atoms with van der Waals surface area (Å²) in [6.45, 7) is 9.04. The summed E-state index contributed by atoms with van der Waals surface area (Å²) < 4.78 is 0. The molecule has 0 saturated heterocycles. The number of hydrogen-bond donors (Lipinski definition) is 1. The van der Waals surface area contributed by atoms with Crippen LogP contribution in [0.1, 0.15) is 37.0 Å². The summed E-state index contributed by atoms with van der Waals surface area (Å²) in [5.41, 5.74) is 4.41. The maximum Gasteiger partial charge on any atom is 0.00383 e. The van der Waals surface area contributed by atoms with Crippen LogP contribution in [0.4, 0.5) is 0 Å². The van der Waals surface area contributed by atoms with E-state index in [1.54, 1.807) is 5.56 Å². The Morgan fingerprint density at radius 2 is 1.69 bits per heavy atom. The van der Waals surface area contributed by atoms with Gasteiger partial charge in [0, 0.05) is 6.04 Å². The smallest absolute Gasteiger partial charge is 0.00383 e. The van der Waals surface area contributed by atoms with Crippen molar-refractivity contribution >= 4 is 0 Å². The highest BCUT2D eigenvalue weighted by atomic mass is 14.8. The van der Waals surface area contributed by atoms with Gasteiger partial charge in [-0.25, -0.2) is 0 Å². The zero-order valence-electron chi connectivity index (χ0n) is 11.3. The van der Waals surface area contributed by atoms with Gasteiger partial charge in [0.1, 0.15) is 0 Å². The van der Waals surface area contributed by atoms with Gasteiger partial charge in [0.15, 0.2) is 0 Å². The van der Waals surface area contributed by atoms with Crippen LogP contribution in [-0.2, 0) is 6.42 Å². The third-order valence-corrected chi connectivity index (χ3v) is 3.45. The normalized spacial score (nSPS) is 14.8. The van der Waals surface area contributed by atoms with Gasteiger partial charge in [0.05, 0.1) is 0 Å². The van der Waals surface area contributed by atoms with Gasteiger partial charge in [0.25, 0.3) is 0 Å². The zero-order chi connectivity index (χ0) is 12.1. The van der Waals surface area contributed by atoms with Crippen LogP contribution in [0.5, 0.6) is 0 Å². The molecule has 0 radical (unpaired) electrons. The zero-order valence-corrected chi connectivity index (χ0v) is 11.3. The lowest BCUT2D eigenvalue weighted by atomic mass is 9.90. The van der Waals surface area contributed by atoms with Gasteiger partial charge < -0.3 is 5.32 Å². The molecule has 1 aromatic carbocycles. The molecule has 16 heavy (non-hydrogen) atoms. The molecule has 0 bridgehead atoms. The van der Waals surface area contributed by atoms with Crippen LogP contribution in [0.2, 0.25) is 0 Å². The standard InChI is InChI=1S/C15H25N/c1-11(9-14(4)16-5)10-15-12(2)7-6-8-13(15)3/h6-8,11,14,16H,9-10H2,1-5H3. The number of hydrogen-bond acceptors (Lipinski definition) is 1. The van der Waals surface area contributed by atoms with Gasteiger partial charge in [-0.3, -0.25) is 0 Å². The predicted octanol–water partition coefficient (Wildman–Crippen LogP) is 3.48. The molecule has 0 spiro atoms. The van der Waals surface area contributed by atoms with E-state index in [2.05, 4.69) is 51.2 Å². The molecule has 0 aromatic heterocycles. The molecule has 0 aliphatic carbocycles. The summed E-state index contributed by atoms with van der Waals surface area (Å²) in [5.74, 6) is 0.738. The van der Waals surface area contributed by atoms with Gasteiger partial charge in [-0.2, -0.15) is 0 Å². The summed E-state index contributed by atoms with van der Waals surface area (Å²) >= 11 is 0. The van der Waals surface area contributed by atoms with Crippen LogP contribution in [-0.4, -0.2) is 13.1 Å². The molecule has 2 unspecified atom stereocenters. The first kappa shape index (κ1) is 13.2. The Hall–Kier alpha value is -0.820. The third-order valence-electron chi connectivity index (χ3n) is 3.45. The van der Waals surface area contributed by atoms with Crippen molar-refractivity contribution in [1.82, 2.24) is 5.32 Å². The second-order valence-electron chi connectivity index (χ2n) is 5.11. The van der Waals surface area contributed by atoms with Crippen molar-refractivity contribution in [2.75, 3.05) is 7.05 Å². The second-order valence-corrected chi connectivity index (χ2v) is 5.11. The quantitative estimate of drug-likeness (QED) is 0.799. The molecular formula is C15H25N. The van der Waals surface area contributed by atoms with Crippen molar-refractivity contribution in [2.45, 2.75) is 46.6 Å². The first-order valence-corrected chi connectivity index (χ1v) is 6.27. The van der Waals surface area contributed by atoms with Crippen molar-refractivity contribution in [1.29, 1.82) is 0 Å². The summed E-state index contributed by atoms with van der Waals surface area (Å²) in [4.78, 5) is 0. The van der Waals surface area contributed by atoms with E-state index in [1.807, 2.05) is 7.05 Å². The lowest BCUT2D eigenvalue weighted by molar-refractivity contribution is 0.439. The highest BCUT2D eigenvalue weighted by molar-refractivity contribution is 5.33. The van der Waals surface area contributed by atoms with Crippen molar-refractivity contribution in [3.05, 3.63) is 34.9 Å². The SMILES string of the molecule is CNC(C)CC(C)Cc1c(C)cccc1C. The molecule has 1 N–H and O–H groups in total. The lowest BCUT2D eigenvalue weighted by Gasteiger charge is -2.19. The molecule has 0 saturated carbocycles. The largest absolute Gasteiger partial charge is 0.317 e. The molecule has 1 aromatic rings. The van der Waals surface area contributed by atoms with Crippen LogP contribution in [0.15, 0.2) is 18.2 Å². The molecule has 2 atom stereocenters. The molecule has 0 heterocycles. The van der Waals surface area contributed by atoms with E-state index in [0.717, 1.165) is 5.92 Å². The van der Waals surface area contributed by atoms with Crippen molar-refractivity contribution in [2.24, 2.45) is 5.92 Å². The summed E-state index contributed by atoms with van der Waals surface area (Å²) in [6.07, 6.45) is 2.44. The number of benzene rings is 1. The van der Waals surface area contributed by atoms with Crippen LogP contribution in [0.25, 0.3) is 0 Å². The van der Waals surface area contributed by atoms with Gasteiger partial charge in [-0.1, -0.05) is 25.1 Å². The van der Waals surface area contributed by atoms with Crippen molar-refractivity contribution in [3.8, 4) is 0 Å². The molecule has 1 nitrogen and oxygen atoms in total. The van der Waals surface area contributed by atoms with E-state index in [9.17, 15) is 0 Å². The highest BCUT2D eigenvalue weighted by Gasteiger charge is 2.10. The minimum atomic E-state index is 0.610. The Morgan fingerprint density at radius 3 is 2.19 bits per heavy atom. The van der Waals surface area contributed by atoms with Crippen LogP contribution >= 0.6 is 0 Å². The minimum absolute atomic E-state index is 0.610. The van der Waals surface area contributed by atoms with E-state index < -0.39 is 0 Å². The Labute approximate surface area is 100 Å². The minimum Gasteiger partial charge on any atom is -0.317 e. The van der Waals surface area contributed by atoms with E-state index >= 15 is 0 Å². The molecule has 0 fully saturated rings. The second kappa shape index (κ2) is 6.05. The predicted molar refractivity (Wildman–Crippen MR) is 71.9 cm³/mol. The van der Waals surface area contributed by atoms with Crippen LogP contribution in [0.3, 0.4) is 0 Å². The topological polar surface area (TPSA) is 12.0 Å². The average Bonchev–Trinajstić information content (AvgIpc) is 2.23. The Morgan fingerprint density at radius 1 is 1.12 bits per heavy atom. The summed E-state index contributed by atoms with van der Waals surface area (Å²) in [5, 5.41) is 3.31.